The molecule has 0 N–H and O–H groups in total. The summed E-state index contributed by atoms with van der Waals surface area (Å²) in [4.78, 5) is 0. The van der Waals surface area contributed by atoms with Gasteiger partial charge in [0.05, 0.1) is 0 Å². The zero-order valence-electron chi connectivity index (χ0n) is 9.90. The van der Waals surface area contributed by atoms with Gasteiger partial charge in [-0.3, -0.25) is 0 Å². The zero-order chi connectivity index (χ0) is 13.2. The highest BCUT2D eigenvalue weighted by Gasteiger charge is 2.07. The minimum Gasteiger partial charge on any atom is -0.486 e. The molecule has 0 unspecified atom stereocenters. The predicted molar refractivity (Wildman–Crippen MR) is 72.5 cm³/mol. The van der Waals surface area contributed by atoms with Crippen LogP contribution in [0.4, 0.5) is 8.78 Å². The lowest BCUT2D eigenvalue weighted by atomic mass is 10.2. The lowest BCUT2D eigenvalue weighted by molar-refractivity contribution is 0.291. The van der Waals surface area contributed by atoms with E-state index in [4.69, 9.17) is 4.74 Å². The highest BCUT2D eigenvalue weighted by molar-refractivity contribution is 7.17. The Hall–Kier alpha value is -1.94. The molecule has 0 atom stereocenters. The van der Waals surface area contributed by atoms with Crippen LogP contribution in [0.3, 0.4) is 0 Å². The summed E-state index contributed by atoms with van der Waals surface area (Å²) < 4.78 is 32.8. The van der Waals surface area contributed by atoms with Gasteiger partial charge in [0.15, 0.2) is 11.6 Å². The summed E-state index contributed by atoms with van der Waals surface area (Å²) in [6.45, 7) is 0.270. The van der Waals surface area contributed by atoms with E-state index in [0.717, 1.165) is 17.0 Å². The molecule has 0 saturated heterocycles. The Labute approximate surface area is 113 Å². The third-order valence-corrected chi connectivity index (χ3v) is 3.85. The number of fused-ring (bicyclic) bond motifs is 1. The Morgan fingerprint density at radius 3 is 2.74 bits per heavy atom. The molecule has 1 heterocycles. The SMILES string of the molecule is Fc1ccc(OCc2csc3ccccc23)c(F)c1. The molecule has 0 saturated carbocycles. The second kappa shape index (κ2) is 4.97. The van der Waals surface area contributed by atoms with Gasteiger partial charge in [0.25, 0.3) is 0 Å². The lowest BCUT2D eigenvalue weighted by Crippen LogP contribution is -1.97. The molecule has 19 heavy (non-hydrogen) atoms. The van der Waals surface area contributed by atoms with Gasteiger partial charge in [-0.2, -0.15) is 0 Å². The van der Waals surface area contributed by atoms with Crippen molar-refractivity contribution >= 4 is 21.4 Å². The fourth-order valence-electron chi connectivity index (χ4n) is 1.89. The van der Waals surface area contributed by atoms with Crippen LogP contribution < -0.4 is 4.74 Å². The maximum atomic E-state index is 13.4. The molecule has 0 aliphatic carbocycles. The summed E-state index contributed by atoms with van der Waals surface area (Å²) in [5, 5.41) is 3.10. The van der Waals surface area contributed by atoms with Crippen molar-refractivity contribution in [2.24, 2.45) is 0 Å². The molecule has 4 heteroatoms. The number of benzene rings is 2. The van der Waals surface area contributed by atoms with Gasteiger partial charge in [-0.1, -0.05) is 18.2 Å². The smallest absolute Gasteiger partial charge is 0.167 e. The molecule has 1 aromatic heterocycles. The van der Waals surface area contributed by atoms with Crippen LogP contribution in [0.25, 0.3) is 10.1 Å². The first-order chi connectivity index (χ1) is 9.24. The molecule has 3 rings (SSSR count). The monoisotopic (exact) mass is 276 g/mol. The van der Waals surface area contributed by atoms with E-state index in [2.05, 4.69) is 0 Å². The van der Waals surface area contributed by atoms with Crippen molar-refractivity contribution in [3.8, 4) is 5.75 Å². The van der Waals surface area contributed by atoms with Crippen LogP contribution in [-0.4, -0.2) is 0 Å². The number of ether oxygens (including phenoxy) is 1. The summed E-state index contributed by atoms with van der Waals surface area (Å²) in [5.41, 5.74) is 1.00. The molecule has 3 aromatic rings. The van der Waals surface area contributed by atoms with Crippen molar-refractivity contribution in [1.29, 1.82) is 0 Å². The van der Waals surface area contributed by atoms with Gasteiger partial charge in [-0.15, -0.1) is 11.3 Å². The maximum Gasteiger partial charge on any atom is 0.167 e. The number of hydrogen-bond acceptors (Lipinski definition) is 2. The number of hydrogen-bond donors (Lipinski definition) is 0. The molecule has 0 fully saturated rings. The second-order valence-corrected chi connectivity index (χ2v) is 5.03. The summed E-state index contributed by atoms with van der Waals surface area (Å²) in [7, 11) is 0. The average molecular weight is 276 g/mol. The van der Waals surface area contributed by atoms with Gasteiger partial charge in [-0.05, 0) is 29.0 Å². The normalized spacial score (nSPS) is 10.8. The Morgan fingerprint density at radius 1 is 1.05 bits per heavy atom. The van der Waals surface area contributed by atoms with Crippen molar-refractivity contribution in [2.45, 2.75) is 6.61 Å². The number of rotatable bonds is 3. The number of halogens is 2. The van der Waals surface area contributed by atoms with Gasteiger partial charge >= 0.3 is 0 Å². The first-order valence-electron chi connectivity index (χ1n) is 5.77. The van der Waals surface area contributed by atoms with Crippen LogP contribution in [0.5, 0.6) is 5.75 Å². The summed E-state index contributed by atoms with van der Waals surface area (Å²) in [5.74, 6) is -1.22. The molecular weight excluding hydrogens is 266 g/mol. The van der Waals surface area contributed by atoms with E-state index in [1.54, 1.807) is 11.3 Å². The van der Waals surface area contributed by atoms with Crippen molar-refractivity contribution < 1.29 is 13.5 Å². The highest BCUT2D eigenvalue weighted by Crippen LogP contribution is 2.27. The molecule has 96 valence electrons. The molecular formula is C15H10F2OS. The summed E-state index contributed by atoms with van der Waals surface area (Å²) in [6, 6.07) is 11.3. The van der Waals surface area contributed by atoms with Gasteiger partial charge < -0.3 is 4.74 Å². The van der Waals surface area contributed by atoms with E-state index in [-0.39, 0.29) is 12.4 Å². The van der Waals surface area contributed by atoms with Crippen LogP contribution in [0.1, 0.15) is 5.56 Å². The fraction of sp³-hybridized carbons (Fsp3) is 0.0667. The lowest BCUT2D eigenvalue weighted by Gasteiger charge is -2.06. The Kier molecular flexibility index (Phi) is 3.17. The third kappa shape index (κ3) is 2.44. The zero-order valence-corrected chi connectivity index (χ0v) is 10.7. The molecule has 0 aliphatic rings. The first-order valence-corrected chi connectivity index (χ1v) is 6.65. The Balaban J connectivity index is 1.82. The van der Waals surface area contributed by atoms with Crippen LogP contribution in [0.15, 0.2) is 47.8 Å². The molecule has 0 bridgehead atoms. The number of thiophene rings is 1. The van der Waals surface area contributed by atoms with E-state index in [0.29, 0.717) is 0 Å². The average Bonchev–Trinajstić information content (AvgIpc) is 2.81. The van der Waals surface area contributed by atoms with Crippen molar-refractivity contribution in [3.63, 3.8) is 0 Å². The van der Waals surface area contributed by atoms with Crippen molar-refractivity contribution in [2.75, 3.05) is 0 Å². The van der Waals surface area contributed by atoms with E-state index in [1.807, 2.05) is 29.6 Å². The molecule has 0 amide bonds. The Bertz CT molecular complexity index is 721. The predicted octanol–water partition coefficient (Wildman–Crippen LogP) is 4.76. The highest BCUT2D eigenvalue weighted by atomic mass is 32.1. The van der Waals surface area contributed by atoms with Crippen molar-refractivity contribution in [3.05, 3.63) is 65.0 Å². The van der Waals surface area contributed by atoms with E-state index in [9.17, 15) is 8.78 Å². The summed E-state index contributed by atoms with van der Waals surface area (Å²) in [6.07, 6.45) is 0. The van der Waals surface area contributed by atoms with E-state index < -0.39 is 11.6 Å². The minimum atomic E-state index is -0.681. The maximum absolute atomic E-state index is 13.4. The summed E-state index contributed by atoms with van der Waals surface area (Å²) >= 11 is 1.62. The van der Waals surface area contributed by atoms with E-state index >= 15 is 0 Å². The first kappa shape index (κ1) is 12.1. The van der Waals surface area contributed by atoms with Crippen LogP contribution in [0.2, 0.25) is 0 Å². The van der Waals surface area contributed by atoms with Crippen LogP contribution in [-0.2, 0) is 6.61 Å². The standard InChI is InChI=1S/C15H10F2OS/c16-11-5-6-14(13(17)7-11)18-8-10-9-19-15-4-2-1-3-12(10)15/h1-7,9H,8H2. The van der Waals surface area contributed by atoms with Crippen LogP contribution >= 0.6 is 11.3 Å². The second-order valence-electron chi connectivity index (χ2n) is 4.12. The largest absolute Gasteiger partial charge is 0.486 e. The van der Waals surface area contributed by atoms with E-state index in [1.165, 1.54) is 16.8 Å². The molecule has 0 radical (unpaired) electrons. The minimum absolute atomic E-state index is 0.0664. The fourth-order valence-corrected chi connectivity index (χ4v) is 2.84. The van der Waals surface area contributed by atoms with Gasteiger partial charge in [-0.25, -0.2) is 8.78 Å². The Morgan fingerprint density at radius 2 is 1.89 bits per heavy atom. The van der Waals surface area contributed by atoms with Gasteiger partial charge in [0, 0.05) is 16.3 Å². The topological polar surface area (TPSA) is 9.23 Å². The molecule has 0 aliphatic heterocycles. The third-order valence-electron chi connectivity index (χ3n) is 2.84. The van der Waals surface area contributed by atoms with Crippen molar-refractivity contribution in [1.82, 2.24) is 0 Å². The molecule has 2 aromatic carbocycles. The van der Waals surface area contributed by atoms with Gasteiger partial charge in [0.1, 0.15) is 12.4 Å². The van der Waals surface area contributed by atoms with Gasteiger partial charge in [0.2, 0.25) is 0 Å². The quantitative estimate of drug-likeness (QED) is 0.670. The van der Waals surface area contributed by atoms with Crippen LogP contribution in [0, 0.1) is 11.6 Å². The molecule has 0 spiro atoms. The molecule has 1 nitrogen and oxygen atoms in total.